The Morgan fingerprint density at radius 3 is 0.680 bits per heavy atom. The first-order valence-electron chi connectivity index (χ1n) is 53.1. The molecule has 150 heavy (non-hydrogen) atoms. The summed E-state index contributed by atoms with van der Waals surface area (Å²) >= 11 is 0. The lowest BCUT2D eigenvalue weighted by molar-refractivity contribution is 0.351. The van der Waals surface area contributed by atoms with Crippen LogP contribution >= 0.6 is 0 Å². The Hall–Kier alpha value is -16.6. The molecule has 730 valence electrons. The van der Waals surface area contributed by atoms with Gasteiger partial charge in [0.15, 0.2) is 0 Å². The second-order valence-electron chi connectivity index (χ2n) is 43.0. The Kier molecular flexibility index (Phi) is 25.5. The van der Waals surface area contributed by atoms with Crippen LogP contribution in [-0.4, -0.2) is 0 Å². The van der Waals surface area contributed by atoms with Crippen molar-refractivity contribution in [2.45, 2.75) is 134 Å². The van der Waals surface area contributed by atoms with Crippen molar-refractivity contribution in [2.24, 2.45) is 0 Å². The third kappa shape index (κ3) is 16.7. The topological polar surface area (TPSA) is 0 Å². The number of fused-ring (bicyclic) bond motifs is 20. The van der Waals surface area contributed by atoms with Crippen molar-refractivity contribution in [1.29, 1.82) is 0 Å². The Labute approximate surface area is 883 Å². The highest BCUT2D eigenvalue weighted by Crippen LogP contribution is 2.63. The van der Waals surface area contributed by atoms with Crippen LogP contribution < -0.4 is 0 Å². The summed E-state index contributed by atoms with van der Waals surface area (Å²) in [5, 5.41) is 0. The molecule has 2 unspecified atom stereocenters. The number of benzene rings is 21. The van der Waals surface area contributed by atoms with Crippen LogP contribution in [-0.2, 0) is 32.5 Å². The van der Waals surface area contributed by atoms with E-state index in [1.807, 2.05) is 48.5 Å². The average Bonchev–Trinajstić information content (AvgIpc) is 1.53. The predicted octanol–water partition coefficient (Wildman–Crippen LogP) is 38.3. The molecule has 1 fully saturated rings. The molecule has 21 aromatic carbocycles. The van der Waals surface area contributed by atoms with Gasteiger partial charge in [-0.3, -0.25) is 0 Å². The van der Waals surface area contributed by atoms with Gasteiger partial charge in [0.2, 0.25) is 0 Å². The van der Waals surface area contributed by atoms with Crippen molar-refractivity contribution in [1.82, 2.24) is 0 Å². The molecule has 0 N–H and O–H groups in total. The molecule has 0 aromatic heterocycles. The van der Waals surface area contributed by atoms with Crippen LogP contribution in [0.4, 0.5) is 13.2 Å². The molecule has 1 saturated carbocycles. The Balaban J connectivity index is 0.0000000993. The third-order valence-corrected chi connectivity index (χ3v) is 33.5. The van der Waals surface area contributed by atoms with Crippen LogP contribution in [0.2, 0.25) is 0 Å². The predicted molar refractivity (Wildman–Crippen MR) is 620 cm³/mol. The van der Waals surface area contributed by atoms with Gasteiger partial charge in [-0.05, 0) is 323 Å². The van der Waals surface area contributed by atoms with Gasteiger partial charge in [-0.2, -0.15) is 0 Å². The Morgan fingerprint density at radius 1 is 0.160 bits per heavy atom. The standard InChI is InChI=1S/C32H24.C27H22.C26H19F.C22H20.C21H17F.C19H19F/c1-23-17-19-28-29-20-18-25(24-11-5-2-6-12-24)22-31(29)32(30(28)21-23,26-13-7-3-8-14-26)27-15-9-4-10-16-27;1-19-13-15-23-24-16-14-21(20-9-5-3-6-10-20)18-26(24)27(2,25(23)17-19)22-11-7-4-8-12-22;1-18-12-14-22-23-15-13-21(27)17-25(23)26(24(22)16-18,19-8-4-2-5-9-19)20-10-6-3-7-11-20;1-15-9-11-18-19-12-10-17(16-7-5-4-6-8-16)14-21(19)22(2,3)20(18)13-15;1-14-8-10-17-18-11-9-16(22)13-20(18)21(2,19(17)12-14)15-6-4-3-5-7-15;1-13-5-7-15-16-8-6-14(20)12-18(16)19(17(15)11-13)9-3-2-4-10-19/h2-22H,1H3;3-18H,1-2H3;2-17H,1H3;4-14H,1-3H3;3-13H,1-2H3;5-8,11-12H,2-4,9-10H2,1H3. The zero-order chi connectivity index (χ0) is 103. The number of rotatable bonds is 9. The molecule has 7 aliphatic rings. The van der Waals surface area contributed by atoms with E-state index in [1.54, 1.807) is 36.4 Å². The van der Waals surface area contributed by atoms with Crippen LogP contribution in [0.25, 0.3) is 100 Å². The number of halogens is 3. The van der Waals surface area contributed by atoms with E-state index in [4.69, 9.17) is 0 Å². The fourth-order valence-electron chi connectivity index (χ4n) is 26.2. The highest BCUT2D eigenvalue weighted by Gasteiger charge is 2.51. The first-order chi connectivity index (χ1) is 73.0. The molecule has 7 aliphatic carbocycles. The van der Waals surface area contributed by atoms with E-state index in [-0.39, 0.29) is 44.5 Å². The van der Waals surface area contributed by atoms with E-state index in [1.165, 1.54) is 232 Å². The quantitative estimate of drug-likeness (QED) is 0.135. The molecule has 28 rings (SSSR count). The van der Waals surface area contributed by atoms with E-state index in [9.17, 15) is 13.2 Å². The van der Waals surface area contributed by atoms with E-state index in [2.05, 4.69) is 476 Å². The van der Waals surface area contributed by atoms with Gasteiger partial charge in [-0.15, -0.1) is 0 Å². The molecule has 0 radical (unpaired) electrons. The molecular weight excluding hydrogens is 1820 g/mol. The summed E-state index contributed by atoms with van der Waals surface area (Å²) in [4.78, 5) is 0. The summed E-state index contributed by atoms with van der Waals surface area (Å²) in [6, 6.07) is 173. The van der Waals surface area contributed by atoms with Gasteiger partial charge in [0.05, 0.1) is 10.8 Å². The van der Waals surface area contributed by atoms with Crippen molar-refractivity contribution in [3.05, 3.63) is 642 Å². The fourth-order valence-corrected chi connectivity index (χ4v) is 26.2. The normalized spacial score (nSPS) is 15.9. The maximum absolute atomic E-state index is 14.4. The minimum absolute atomic E-state index is 0.0709. The summed E-state index contributed by atoms with van der Waals surface area (Å²) in [7, 11) is 0. The smallest absolute Gasteiger partial charge is 0.123 e. The lowest BCUT2D eigenvalue weighted by atomic mass is 9.67. The minimum atomic E-state index is -0.513. The summed E-state index contributed by atoms with van der Waals surface area (Å²) in [5.74, 6) is -0.474. The van der Waals surface area contributed by atoms with Crippen LogP contribution in [0.5, 0.6) is 0 Å². The maximum Gasteiger partial charge on any atom is 0.123 e. The van der Waals surface area contributed by atoms with E-state index in [0.717, 1.165) is 33.4 Å². The molecule has 1 spiro atoms. The lowest BCUT2D eigenvalue weighted by Gasteiger charge is -2.36. The molecule has 2 atom stereocenters. The summed E-state index contributed by atoms with van der Waals surface area (Å²) < 4.78 is 42.2. The van der Waals surface area contributed by atoms with Crippen molar-refractivity contribution in [3.63, 3.8) is 0 Å². The number of aryl methyl sites for hydroxylation is 6. The van der Waals surface area contributed by atoms with Crippen molar-refractivity contribution in [2.75, 3.05) is 0 Å². The molecule has 0 bridgehead atoms. The highest BCUT2D eigenvalue weighted by atomic mass is 19.1. The third-order valence-electron chi connectivity index (χ3n) is 33.5. The van der Waals surface area contributed by atoms with E-state index < -0.39 is 5.41 Å². The highest BCUT2D eigenvalue weighted by molar-refractivity contribution is 5.93. The summed E-state index contributed by atoms with van der Waals surface area (Å²) in [5.41, 5.74) is 52.7. The second kappa shape index (κ2) is 39.6. The largest absolute Gasteiger partial charge is 0.207 e. The summed E-state index contributed by atoms with van der Waals surface area (Å²) in [6.07, 6.45) is 6.15. The van der Waals surface area contributed by atoms with Crippen molar-refractivity contribution >= 4 is 0 Å². The Bertz CT molecular complexity index is 8400. The molecule has 0 nitrogen and oxygen atoms in total. The first-order valence-corrected chi connectivity index (χ1v) is 53.1. The van der Waals surface area contributed by atoms with Gasteiger partial charge < -0.3 is 0 Å². The average molecular weight is 1940 g/mol. The zero-order valence-electron chi connectivity index (χ0n) is 86.9. The van der Waals surface area contributed by atoms with E-state index >= 15 is 0 Å². The van der Waals surface area contributed by atoms with Crippen LogP contribution in [0.3, 0.4) is 0 Å². The van der Waals surface area contributed by atoms with Crippen molar-refractivity contribution < 1.29 is 13.2 Å². The van der Waals surface area contributed by atoms with E-state index in [0.29, 0.717) is 0 Å². The number of hydrogen-bond acceptors (Lipinski definition) is 0. The van der Waals surface area contributed by atoms with Gasteiger partial charge in [-0.25, -0.2) is 13.2 Å². The van der Waals surface area contributed by atoms with Gasteiger partial charge in [-0.1, -0.05) is 503 Å². The van der Waals surface area contributed by atoms with Gasteiger partial charge in [0.1, 0.15) is 17.5 Å². The molecule has 21 aromatic rings. The minimum Gasteiger partial charge on any atom is -0.207 e. The molecular formula is C147H121F3. The fraction of sp³-hybridized carbons (Fsp3) is 0.143. The SMILES string of the molecule is Cc1ccc2c(c1)C(C)(C)c1cc(-c3ccccc3)ccc1-2.Cc1ccc2c(c1)C(C)(c1ccccc1)c1cc(-c3ccccc3)ccc1-2.Cc1ccc2c(c1)C(C)(c1ccccc1)c1cc(F)ccc1-2.Cc1ccc2c(c1)C(c1ccccc1)(c1ccccc1)c1cc(-c3ccccc3)ccc1-2.Cc1ccc2c(c1)C(c1ccccc1)(c1ccccc1)c1cc(F)ccc1-2.Cc1ccc2c(c1)C1(CCCCC1)c1cc(F)ccc1-2. The molecule has 0 saturated heterocycles. The first kappa shape index (κ1) is 96.8. The second-order valence-corrected chi connectivity index (χ2v) is 43.0. The number of hydrogen-bond donors (Lipinski definition) is 0. The monoisotopic (exact) mass is 1940 g/mol. The van der Waals surface area contributed by atoms with Gasteiger partial charge in [0, 0.05) is 21.7 Å². The summed E-state index contributed by atoms with van der Waals surface area (Å²) in [6.45, 7) is 22.2. The molecule has 0 heterocycles. The zero-order valence-corrected chi connectivity index (χ0v) is 86.9. The lowest BCUT2D eigenvalue weighted by Crippen LogP contribution is -2.28. The molecule has 0 aliphatic heterocycles. The van der Waals surface area contributed by atoms with Crippen LogP contribution in [0.15, 0.2) is 491 Å². The Morgan fingerprint density at radius 2 is 0.353 bits per heavy atom. The van der Waals surface area contributed by atoms with Gasteiger partial charge in [0.25, 0.3) is 0 Å². The molecule has 0 amide bonds. The van der Waals surface area contributed by atoms with Crippen LogP contribution in [0, 0.1) is 59.0 Å². The van der Waals surface area contributed by atoms with Crippen LogP contribution in [0.1, 0.15) is 193 Å². The molecule has 3 heteroatoms. The van der Waals surface area contributed by atoms with Crippen molar-refractivity contribution in [3.8, 4) is 100 Å². The van der Waals surface area contributed by atoms with Gasteiger partial charge >= 0.3 is 0 Å². The maximum atomic E-state index is 14.4.